The zero-order chi connectivity index (χ0) is 19.2. The van der Waals surface area contributed by atoms with E-state index in [-0.39, 0.29) is 5.91 Å². The first-order valence-corrected chi connectivity index (χ1v) is 9.96. The number of ether oxygens (including phenoxy) is 2. The van der Waals surface area contributed by atoms with E-state index in [4.69, 9.17) is 9.47 Å². The van der Waals surface area contributed by atoms with Crippen LogP contribution in [0.3, 0.4) is 0 Å². The minimum absolute atomic E-state index is 0.0128. The third-order valence-electron chi connectivity index (χ3n) is 4.79. The SMILES string of the molecule is COc1ccc(CN(C)C(=O)CSc2nnnn2C2CCCC2)c(OC)c1. The fraction of sp³-hybridized carbons (Fsp3) is 0.556. The van der Waals surface area contributed by atoms with E-state index in [1.165, 1.54) is 24.6 Å². The molecule has 1 amide bonds. The zero-order valence-corrected chi connectivity index (χ0v) is 16.7. The molecule has 0 radical (unpaired) electrons. The van der Waals surface area contributed by atoms with Gasteiger partial charge < -0.3 is 14.4 Å². The fourth-order valence-electron chi connectivity index (χ4n) is 3.22. The van der Waals surface area contributed by atoms with Crippen LogP contribution in [0.5, 0.6) is 11.5 Å². The first kappa shape index (κ1) is 19.5. The Bertz CT molecular complexity index is 776. The number of methoxy groups -OCH3 is 2. The van der Waals surface area contributed by atoms with E-state index in [1.807, 2.05) is 22.9 Å². The summed E-state index contributed by atoms with van der Waals surface area (Å²) >= 11 is 1.39. The Morgan fingerprint density at radius 3 is 2.78 bits per heavy atom. The highest BCUT2D eigenvalue weighted by molar-refractivity contribution is 7.99. The van der Waals surface area contributed by atoms with Gasteiger partial charge in [-0.1, -0.05) is 24.6 Å². The lowest BCUT2D eigenvalue weighted by Crippen LogP contribution is -2.28. The number of amides is 1. The molecular formula is C18H25N5O3S. The van der Waals surface area contributed by atoms with Crippen molar-refractivity contribution in [3.63, 3.8) is 0 Å². The molecule has 1 aliphatic carbocycles. The monoisotopic (exact) mass is 391 g/mol. The molecule has 1 aliphatic rings. The summed E-state index contributed by atoms with van der Waals surface area (Å²) in [6.07, 6.45) is 4.62. The van der Waals surface area contributed by atoms with Gasteiger partial charge in [-0.25, -0.2) is 4.68 Å². The van der Waals surface area contributed by atoms with Gasteiger partial charge in [-0.3, -0.25) is 4.79 Å². The summed E-state index contributed by atoms with van der Waals surface area (Å²) in [5.41, 5.74) is 0.926. The molecule has 1 heterocycles. The van der Waals surface area contributed by atoms with Crippen LogP contribution in [0.2, 0.25) is 0 Å². The Hall–Kier alpha value is -2.29. The average Bonchev–Trinajstić information content (AvgIpc) is 3.37. The summed E-state index contributed by atoms with van der Waals surface area (Å²) in [6, 6.07) is 5.95. The van der Waals surface area contributed by atoms with Gasteiger partial charge >= 0.3 is 0 Å². The first-order chi connectivity index (χ1) is 13.1. The molecule has 9 heteroatoms. The van der Waals surface area contributed by atoms with Crippen molar-refractivity contribution in [3.05, 3.63) is 23.8 Å². The second-order valence-electron chi connectivity index (χ2n) is 6.56. The summed E-state index contributed by atoms with van der Waals surface area (Å²) in [6.45, 7) is 0.458. The molecule has 146 valence electrons. The lowest BCUT2D eigenvalue weighted by Gasteiger charge is -2.19. The molecule has 1 aromatic heterocycles. The predicted octanol–water partition coefficient (Wildman–Crippen LogP) is 2.56. The van der Waals surface area contributed by atoms with Gasteiger partial charge in [-0.15, -0.1) is 5.10 Å². The number of aromatic nitrogens is 4. The minimum Gasteiger partial charge on any atom is -0.497 e. The van der Waals surface area contributed by atoms with E-state index in [0.717, 1.165) is 24.2 Å². The van der Waals surface area contributed by atoms with Crippen molar-refractivity contribution in [1.29, 1.82) is 0 Å². The van der Waals surface area contributed by atoms with Crippen molar-refractivity contribution in [1.82, 2.24) is 25.1 Å². The number of carbonyl (C=O) groups excluding carboxylic acids is 1. The number of hydrogen-bond acceptors (Lipinski definition) is 7. The van der Waals surface area contributed by atoms with Crippen LogP contribution in [-0.2, 0) is 11.3 Å². The van der Waals surface area contributed by atoms with Gasteiger partial charge in [0.25, 0.3) is 0 Å². The molecule has 0 aliphatic heterocycles. The van der Waals surface area contributed by atoms with Crippen LogP contribution < -0.4 is 9.47 Å². The molecule has 0 spiro atoms. The van der Waals surface area contributed by atoms with Crippen molar-refractivity contribution in [3.8, 4) is 11.5 Å². The molecule has 0 N–H and O–H groups in total. The molecule has 0 bridgehead atoms. The number of hydrogen-bond donors (Lipinski definition) is 0. The Kier molecular flexibility index (Phi) is 6.54. The summed E-state index contributed by atoms with van der Waals surface area (Å²) in [5.74, 6) is 1.73. The highest BCUT2D eigenvalue weighted by Crippen LogP contribution is 2.31. The third-order valence-corrected chi connectivity index (χ3v) is 5.70. The number of nitrogens with zero attached hydrogens (tertiary/aromatic N) is 5. The lowest BCUT2D eigenvalue weighted by atomic mass is 10.2. The molecule has 8 nitrogen and oxygen atoms in total. The van der Waals surface area contributed by atoms with E-state index in [1.54, 1.807) is 26.2 Å². The molecule has 1 saturated carbocycles. The zero-order valence-electron chi connectivity index (χ0n) is 15.9. The predicted molar refractivity (Wildman–Crippen MR) is 102 cm³/mol. The van der Waals surface area contributed by atoms with Crippen molar-refractivity contribution >= 4 is 17.7 Å². The maximum Gasteiger partial charge on any atom is 0.233 e. The Morgan fingerprint density at radius 1 is 1.30 bits per heavy atom. The second-order valence-corrected chi connectivity index (χ2v) is 7.50. The van der Waals surface area contributed by atoms with Gasteiger partial charge in [-0.05, 0) is 35.4 Å². The van der Waals surface area contributed by atoms with Gasteiger partial charge in [0.15, 0.2) is 0 Å². The molecular weight excluding hydrogens is 366 g/mol. The summed E-state index contributed by atoms with van der Waals surface area (Å²) in [7, 11) is 5.01. The Labute approximate surface area is 163 Å². The van der Waals surface area contributed by atoms with E-state index in [0.29, 0.717) is 29.2 Å². The number of benzene rings is 1. The maximum absolute atomic E-state index is 12.6. The first-order valence-electron chi connectivity index (χ1n) is 8.98. The van der Waals surface area contributed by atoms with Gasteiger partial charge in [0.1, 0.15) is 11.5 Å². The maximum atomic E-state index is 12.6. The van der Waals surface area contributed by atoms with Crippen molar-refractivity contribution < 1.29 is 14.3 Å². The molecule has 0 saturated heterocycles. The fourth-order valence-corrected chi connectivity index (χ4v) is 4.11. The number of thioether (sulfide) groups is 1. The van der Waals surface area contributed by atoms with Crippen LogP contribution in [0, 0.1) is 0 Å². The quantitative estimate of drug-likeness (QED) is 0.640. The topological polar surface area (TPSA) is 82.4 Å². The van der Waals surface area contributed by atoms with Crippen LogP contribution in [-0.4, -0.2) is 58.0 Å². The summed E-state index contributed by atoms with van der Waals surface area (Å²) in [4.78, 5) is 14.2. The van der Waals surface area contributed by atoms with Crippen molar-refractivity contribution in [2.24, 2.45) is 0 Å². The smallest absolute Gasteiger partial charge is 0.233 e. The molecule has 27 heavy (non-hydrogen) atoms. The largest absolute Gasteiger partial charge is 0.497 e. The lowest BCUT2D eigenvalue weighted by molar-refractivity contribution is -0.127. The van der Waals surface area contributed by atoms with Gasteiger partial charge in [0.05, 0.1) is 26.0 Å². The molecule has 0 unspecified atom stereocenters. The summed E-state index contributed by atoms with van der Waals surface area (Å²) in [5, 5.41) is 12.7. The van der Waals surface area contributed by atoms with Crippen molar-refractivity contribution in [2.75, 3.05) is 27.0 Å². The van der Waals surface area contributed by atoms with E-state index in [9.17, 15) is 4.79 Å². The Morgan fingerprint density at radius 2 is 2.07 bits per heavy atom. The molecule has 1 fully saturated rings. The Balaban J connectivity index is 1.58. The van der Waals surface area contributed by atoms with E-state index >= 15 is 0 Å². The number of rotatable bonds is 8. The molecule has 2 aromatic rings. The summed E-state index contributed by atoms with van der Waals surface area (Å²) < 4.78 is 12.5. The van der Waals surface area contributed by atoms with Gasteiger partial charge in [0.2, 0.25) is 11.1 Å². The highest BCUT2D eigenvalue weighted by atomic mass is 32.2. The van der Waals surface area contributed by atoms with Crippen LogP contribution >= 0.6 is 11.8 Å². The number of tetrazole rings is 1. The van der Waals surface area contributed by atoms with Gasteiger partial charge in [-0.2, -0.15) is 0 Å². The molecule has 0 atom stereocenters. The number of carbonyl (C=O) groups is 1. The van der Waals surface area contributed by atoms with Crippen molar-refractivity contribution in [2.45, 2.75) is 43.4 Å². The van der Waals surface area contributed by atoms with E-state index in [2.05, 4.69) is 15.5 Å². The minimum atomic E-state index is 0.0128. The van der Waals surface area contributed by atoms with Crippen LogP contribution in [0.25, 0.3) is 0 Å². The van der Waals surface area contributed by atoms with Gasteiger partial charge in [0, 0.05) is 25.2 Å². The second kappa shape index (κ2) is 9.07. The van der Waals surface area contributed by atoms with E-state index < -0.39 is 0 Å². The average molecular weight is 391 g/mol. The van der Waals surface area contributed by atoms with Crippen LogP contribution in [0.15, 0.2) is 23.4 Å². The standard InChI is InChI=1S/C18H25N5O3S/c1-22(11-13-8-9-15(25-2)10-16(13)26-3)17(24)12-27-18-19-20-21-23(18)14-6-4-5-7-14/h8-10,14H,4-7,11-12H2,1-3H3. The normalized spacial score (nSPS) is 14.3. The van der Waals surface area contributed by atoms with Crippen LogP contribution in [0.4, 0.5) is 0 Å². The molecule has 3 rings (SSSR count). The van der Waals surface area contributed by atoms with Crippen LogP contribution in [0.1, 0.15) is 37.3 Å². The highest BCUT2D eigenvalue weighted by Gasteiger charge is 2.22. The third kappa shape index (κ3) is 4.71. The molecule has 1 aromatic carbocycles.